The van der Waals surface area contributed by atoms with Crippen LogP contribution in [0.15, 0.2) is 36.9 Å². The fourth-order valence-corrected chi connectivity index (χ4v) is 1.95. The monoisotopic (exact) mass is 217 g/mol. The Morgan fingerprint density at radius 1 is 1.38 bits per heavy atom. The molecular formula is C14H19NO. The highest BCUT2D eigenvalue weighted by Gasteiger charge is 2.14. The van der Waals surface area contributed by atoms with Gasteiger partial charge in [-0.25, -0.2) is 0 Å². The molecule has 1 aliphatic heterocycles. The van der Waals surface area contributed by atoms with Crippen molar-refractivity contribution in [3.05, 3.63) is 42.5 Å². The van der Waals surface area contributed by atoms with E-state index in [1.54, 1.807) is 0 Å². The van der Waals surface area contributed by atoms with Crippen LogP contribution in [0.1, 0.15) is 12.0 Å². The van der Waals surface area contributed by atoms with Crippen molar-refractivity contribution >= 4 is 5.57 Å². The van der Waals surface area contributed by atoms with Crippen LogP contribution in [0.5, 0.6) is 0 Å². The molecule has 0 bridgehead atoms. The van der Waals surface area contributed by atoms with E-state index >= 15 is 0 Å². The molecule has 16 heavy (non-hydrogen) atoms. The Balaban J connectivity index is 1.71. The van der Waals surface area contributed by atoms with Crippen molar-refractivity contribution in [2.45, 2.75) is 6.42 Å². The van der Waals surface area contributed by atoms with Crippen LogP contribution in [0.25, 0.3) is 5.57 Å². The van der Waals surface area contributed by atoms with E-state index in [0.29, 0.717) is 5.92 Å². The summed E-state index contributed by atoms with van der Waals surface area (Å²) in [5.74, 6) is 0.684. The summed E-state index contributed by atoms with van der Waals surface area (Å²) in [5, 5.41) is 3.45. The first-order valence-electron chi connectivity index (χ1n) is 5.88. The smallest absolute Gasteiger partial charge is 0.0507 e. The summed E-state index contributed by atoms with van der Waals surface area (Å²) in [5.41, 5.74) is 2.37. The zero-order valence-electron chi connectivity index (χ0n) is 9.61. The molecule has 1 saturated heterocycles. The molecule has 0 amide bonds. The lowest BCUT2D eigenvalue weighted by atomic mass is 10.1. The second-order valence-corrected chi connectivity index (χ2v) is 4.33. The van der Waals surface area contributed by atoms with Crippen molar-refractivity contribution in [3.63, 3.8) is 0 Å². The van der Waals surface area contributed by atoms with Crippen LogP contribution < -0.4 is 5.32 Å². The van der Waals surface area contributed by atoms with E-state index in [-0.39, 0.29) is 0 Å². The SMILES string of the molecule is C=C(CNCC1CCOC1)c1ccccc1. The van der Waals surface area contributed by atoms with E-state index in [1.165, 1.54) is 12.0 Å². The van der Waals surface area contributed by atoms with E-state index in [1.807, 2.05) is 18.2 Å². The molecule has 1 N–H and O–H groups in total. The molecule has 1 aromatic rings. The molecule has 1 unspecified atom stereocenters. The van der Waals surface area contributed by atoms with Crippen molar-refractivity contribution in [3.8, 4) is 0 Å². The van der Waals surface area contributed by atoms with Gasteiger partial charge >= 0.3 is 0 Å². The van der Waals surface area contributed by atoms with Crippen LogP contribution in [-0.4, -0.2) is 26.3 Å². The minimum atomic E-state index is 0.684. The third-order valence-corrected chi connectivity index (χ3v) is 2.98. The second kappa shape index (κ2) is 5.83. The second-order valence-electron chi connectivity index (χ2n) is 4.33. The molecule has 86 valence electrons. The Bertz CT molecular complexity index is 328. The molecule has 0 aliphatic carbocycles. The number of nitrogens with one attached hydrogen (secondary N) is 1. The van der Waals surface area contributed by atoms with Gasteiger partial charge in [-0.05, 0) is 23.5 Å². The van der Waals surface area contributed by atoms with Crippen LogP contribution in [0.2, 0.25) is 0 Å². The normalized spacial score (nSPS) is 19.9. The van der Waals surface area contributed by atoms with Gasteiger partial charge in [0.2, 0.25) is 0 Å². The summed E-state index contributed by atoms with van der Waals surface area (Å²) in [6.07, 6.45) is 1.19. The van der Waals surface area contributed by atoms with Gasteiger partial charge in [0.25, 0.3) is 0 Å². The molecule has 0 spiro atoms. The van der Waals surface area contributed by atoms with Crippen LogP contribution >= 0.6 is 0 Å². The number of ether oxygens (including phenoxy) is 1. The minimum Gasteiger partial charge on any atom is -0.381 e. The van der Waals surface area contributed by atoms with Gasteiger partial charge in [-0.3, -0.25) is 0 Å². The van der Waals surface area contributed by atoms with E-state index in [4.69, 9.17) is 4.74 Å². The summed E-state index contributed by atoms with van der Waals surface area (Å²) >= 11 is 0. The largest absolute Gasteiger partial charge is 0.381 e. The van der Waals surface area contributed by atoms with Gasteiger partial charge in [0.15, 0.2) is 0 Å². The first-order valence-corrected chi connectivity index (χ1v) is 5.88. The highest BCUT2D eigenvalue weighted by atomic mass is 16.5. The number of benzene rings is 1. The number of hydrogen-bond acceptors (Lipinski definition) is 2. The summed E-state index contributed by atoms with van der Waals surface area (Å²) < 4.78 is 5.34. The molecule has 2 nitrogen and oxygen atoms in total. The fraction of sp³-hybridized carbons (Fsp3) is 0.429. The Morgan fingerprint density at radius 3 is 2.88 bits per heavy atom. The van der Waals surface area contributed by atoms with Crippen LogP contribution in [0.3, 0.4) is 0 Å². The molecule has 1 aromatic carbocycles. The Hall–Kier alpha value is -1.12. The molecule has 1 aliphatic rings. The van der Waals surface area contributed by atoms with E-state index in [0.717, 1.165) is 31.9 Å². The summed E-state index contributed by atoms with van der Waals surface area (Å²) in [6, 6.07) is 10.3. The fourth-order valence-electron chi connectivity index (χ4n) is 1.95. The average molecular weight is 217 g/mol. The highest BCUT2D eigenvalue weighted by Crippen LogP contribution is 2.12. The zero-order valence-corrected chi connectivity index (χ0v) is 9.61. The van der Waals surface area contributed by atoms with Crippen LogP contribution in [-0.2, 0) is 4.74 Å². The molecule has 2 heteroatoms. The van der Waals surface area contributed by atoms with Crippen LogP contribution in [0, 0.1) is 5.92 Å². The van der Waals surface area contributed by atoms with E-state index in [2.05, 4.69) is 24.0 Å². The van der Waals surface area contributed by atoms with Crippen molar-refractivity contribution in [2.24, 2.45) is 5.92 Å². The average Bonchev–Trinajstić information content (AvgIpc) is 2.83. The lowest BCUT2D eigenvalue weighted by molar-refractivity contribution is 0.185. The molecule has 1 atom stereocenters. The quantitative estimate of drug-likeness (QED) is 0.817. The minimum absolute atomic E-state index is 0.684. The van der Waals surface area contributed by atoms with Crippen molar-refractivity contribution in [2.75, 3.05) is 26.3 Å². The summed E-state index contributed by atoms with van der Waals surface area (Å²) in [4.78, 5) is 0. The Morgan fingerprint density at radius 2 is 2.19 bits per heavy atom. The third kappa shape index (κ3) is 3.19. The first kappa shape index (κ1) is 11.4. The van der Waals surface area contributed by atoms with Gasteiger partial charge in [-0.2, -0.15) is 0 Å². The van der Waals surface area contributed by atoms with Crippen molar-refractivity contribution in [1.82, 2.24) is 5.32 Å². The number of hydrogen-bond donors (Lipinski definition) is 1. The van der Waals surface area contributed by atoms with Gasteiger partial charge in [-0.1, -0.05) is 36.9 Å². The summed E-state index contributed by atoms with van der Waals surface area (Å²) in [7, 11) is 0. The zero-order chi connectivity index (χ0) is 11.2. The maximum Gasteiger partial charge on any atom is 0.0507 e. The topological polar surface area (TPSA) is 21.3 Å². The standard InChI is InChI=1S/C14H19NO/c1-12(14-5-3-2-4-6-14)9-15-10-13-7-8-16-11-13/h2-6,13,15H,1,7-11H2. The molecular weight excluding hydrogens is 198 g/mol. The van der Waals surface area contributed by atoms with Gasteiger partial charge in [0.05, 0.1) is 6.61 Å². The maximum atomic E-state index is 5.34. The Kier molecular flexibility index (Phi) is 4.14. The molecule has 2 rings (SSSR count). The van der Waals surface area contributed by atoms with Crippen molar-refractivity contribution < 1.29 is 4.74 Å². The van der Waals surface area contributed by atoms with Crippen LogP contribution in [0.4, 0.5) is 0 Å². The molecule has 0 aromatic heterocycles. The van der Waals surface area contributed by atoms with Crippen molar-refractivity contribution in [1.29, 1.82) is 0 Å². The number of rotatable bonds is 5. The maximum absolute atomic E-state index is 5.34. The van der Waals surface area contributed by atoms with Gasteiger partial charge in [-0.15, -0.1) is 0 Å². The third-order valence-electron chi connectivity index (χ3n) is 2.98. The lowest BCUT2D eigenvalue weighted by Crippen LogP contribution is -2.24. The highest BCUT2D eigenvalue weighted by molar-refractivity contribution is 5.64. The van der Waals surface area contributed by atoms with Gasteiger partial charge < -0.3 is 10.1 Å². The predicted molar refractivity (Wildman–Crippen MR) is 67.3 cm³/mol. The van der Waals surface area contributed by atoms with Gasteiger partial charge in [0, 0.05) is 19.7 Å². The molecule has 1 fully saturated rings. The lowest BCUT2D eigenvalue weighted by Gasteiger charge is -2.11. The van der Waals surface area contributed by atoms with E-state index in [9.17, 15) is 0 Å². The van der Waals surface area contributed by atoms with E-state index < -0.39 is 0 Å². The molecule has 1 heterocycles. The Labute approximate surface area is 97.3 Å². The molecule has 0 radical (unpaired) electrons. The summed E-state index contributed by atoms with van der Waals surface area (Å²) in [6.45, 7) is 7.82. The molecule has 0 saturated carbocycles. The predicted octanol–water partition coefficient (Wildman–Crippen LogP) is 2.33. The first-order chi connectivity index (χ1) is 7.86. The van der Waals surface area contributed by atoms with Gasteiger partial charge in [0.1, 0.15) is 0 Å².